The minimum Gasteiger partial charge on any atom is -0.396 e. The van der Waals surface area contributed by atoms with Gasteiger partial charge in [0.15, 0.2) is 0 Å². The van der Waals surface area contributed by atoms with E-state index in [4.69, 9.17) is 5.11 Å². The summed E-state index contributed by atoms with van der Waals surface area (Å²) in [4.78, 5) is -0.395. The highest BCUT2D eigenvalue weighted by Gasteiger charge is 2.30. The first-order valence-electron chi connectivity index (χ1n) is 5.84. The number of aliphatic hydroxyl groups is 1. The minimum absolute atomic E-state index is 0.143. The molecule has 1 unspecified atom stereocenters. The van der Waals surface area contributed by atoms with Crippen LogP contribution in [0.4, 0.5) is 4.39 Å². The maximum atomic E-state index is 13.7. The lowest BCUT2D eigenvalue weighted by Crippen LogP contribution is -2.46. The minimum atomic E-state index is -3.96. The Morgan fingerprint density at radius 1 is 1.47 bits per heavy atom. The molecule has 1 aromatic carbocycles. The Bertz CT molecular complexity index is 550. The summed E-state index contributed by atoms with van der Waals surface area (Å²) in [5, 5.41) is 8.98. The van der Waals surface area contributed by atoms with Crippen LogP contribution in [0.15, 0.2) is 27.6 Å². The third-order valence-electron chi connectivity index (χ3n) is 3.01. The largest absolute Gasteiger partial charge is 0.396 e. The fraction of sp³-hybridized carbons (Fsp3) is 0.500. The first-order valence-corrected chi connectivity index (χ1v) is 8.11. The van der Waals surface area contributed by atoms with Crippen molar-refractivity contribution in [3.8, 4) is 0 Å². The zero-order chi connectivity index (χ0) is 14.7. The molecule has 0 aromatic heterocycles. The lowest BCUT2D eigenvalue weighted by molar-refractivity contribution is 0.233. The van der Waals surface area contributed by atoms with Crippen LogP contribution in [0.1, 0.15) is 26.7 Å². The highest BCUT2D eigenvalue weighted by molar-refractivity contribution is 9.10. The number of rotatable bonds is 6. The van der Waals surface area contributed by atoms with E-state index in [0.717, 1.165) is 6.07 Å². The summed E-state index contributed by atoms with van der Waals surface area (Å²) in [5.74, 6) is -0.815. The first-order chi connectivity index (χ1) is 8.74. The van der Waals surface area contributed by atoms with Crippen LogP contribution in [-0.4, -0.2) is 25.7 Å². The number of nitrogens with one attached hydrogen (secondary N) is 1. The summed E-state index contributed by atoms with van der Waals surface area (Å²) in [5.41, 5.74) is -0.799. The van der Waals surface area contributed by atoms with E-state index in [0.29, 0.717) is 10.9 Å². The summed E-state index contributed by atoms with van der Waals surface area (Å²) in [7, 11) is -3.96. The number of sulfonamides is 1. The second-order valence-electron chi connectivity index (χ2n) is 4.57. The fourth-order valence-corrected chi connectivity index (χ4v) is 3.52. The second kappa shape index (κ2) is 6.30. The summed E-state index contributed by atoms with van der Waals surface area (Å²) in [6.07, 6.45) is 0.756. The van der Waals surface area contributed by atoms with Crippen LogP contribution in [0.25, 0.3) is 0 Å². The molecule has 1 aromatic rings. The lowest BCUT2D eigenvalue weighted by Gasteiger charge is -2.28. The maximum Gasteiger partial charge on any atom is 0.243 e. The van der Waals surface area contributed by atoms with Gasteiger partial charge in [0.1, 0.15) is 10.7 Å². The third kappa shape index (κ3) is 4.24. The molecular formula is C12H17BrFNO3S. The van der Waals surface area contributed by atoms with E-state index in [9.17, 15) is 12.8 Å². The van der Waals surface area contributed by atoms with Crippen molar-refractivity contribution < 1.29 is 17.9 Å². The Balaban J connectivity index is 3.10. The molecule has 108 valence electrons. The summed E-state index contributed by atoms with van der Waals surface area (Å²) in [6.45, 7) is 3.34. The van der Waals surface area contributed by atoms with Gasteiger partial charge in [-0.15, -0.1) is 0 Å². The molecule has 4 nitrogen and oxygen atoms in total. The van der Waals surface area contributed by atoms with E-state index >= 15 is 0 Å². The Kier molecular flexibility index (Phi) is 5.49. The van der Waals surface area contributed by atoms with Crippen molar-refractivity contribution in [1.82, 2.24) is 4.72 Å². The monoisotopic (exact) mass is 353 g/mol. The quantitative estimate of drug-likeness (QED) is 0.825. The normalized spacial score (nSPS) is 15.2. The fourth-order valence-electron chi connectivity index (χ4n) is 1.62. The number of halogens is 2. The Labute approximate surface area is 121 Å². The molecule has 0 fully saturated rings. The van der Waals surface area contributed by atoms with Gasteiger partial charge in [-0.3, -0.25) is 0 Å². The van der Waals surface area contributed by atoms with Crippen LogP contribution >= 0.6 is 15.9 Å². The van der Waals surface area contributed by atoms with Gasteiger partial charge in [0.25, 0.3) is 0 Å². The Hall–Kier alpha value is -0.500. The molecule has 0 aliphatic carbocycles. The lowest BCUT2D eigenvalue weighted by atomic mass is 9.97. The van der Waals surface area contributed by atoms with E-state index in [-0.39, 0.29) is 13.0 Å². The average Bonchev–Trinajstić information content (AvgIpc) is 2.27. The van der Waals surface area contributed by atoms with Gasteiger partial charge in [0.2, 0.25) is 10.0 Å². The van der Waals surface area contributed by atoms with Crippen molar-refractivity contribution in [2.45, 2.75) is 37.1 Å². The molecule has 0 spiro atoms. The third-order valence-corrected chi connectivity index (χ3v) is 5.17. The standard InChI is InChI=1S/C12H17BrFNO3S/c1-3-12(2,6-7-16)15-19(17,18)11-5-4-9(13)8-10(11)14/h4-5,8,15-16H,3,6-7H2,1-2H3. The van der Waals surface area contributed by atoms with Crippen LogP contribution < -0.4 is 4.72 Å². The van der Waals surface area contributed by atoms with E-state index in [1.165, 1.54) is 12.1 Å². The summed E-state index contributed by atoms with van der Waals surface area (Å²) >= 11 is 3.07. The highest BCUT2D eigenvalue weighted by Crippen LogP contribution is 2.23. The van der Waals surface area contributed by atoms with Crippen LogP contribution in [0, 0.1) is 5.82 Å². The van der Waals surface area contributed by atoms with Gasteiger partial charge in [-0.05, 0) is 38.0 Å². The first kappa shape index (κ1) is 16.6. The van der Waals surface area contributed by atoms with E-state index in [2.05, 4.69) is 20.7 Å². The van der Waals surface area contributed by atoms with Crippen molar-refractivity contribution in [3.63, 3.8) is 0 Å². The second-order valence-corrected chi connectivity index (χ2v) is 7.13. The summed E-state index contributed by atoms with van der Waals surface area (Å²) < 4.78 is 41.0. The zero-order valence-electron chi connectivity index (χ0n) is 10.8. The molecule has 1 rings (SSSR count). The van der Waals surface area contributed by atoms with Crippen molar-refractivity contribution in [2.24, 2.45) is 0 Å². The average molecular weight is 354 g/mol. The van der Waals surface area contributed by atoms with E-state index < -0.39 is 26.3 Å². The molecule has 0 bridgehead atoms. The molecule has 2 N–H and O–H groups in total. The van der Waals surface area contributed by atoms with Gasteiger partial charge in [-0.1, -0.05) is 22.9 Å². The predicted octanol–water partition coefficient (Wildman–Crippen LogP) is 2.42. The molecular weight excluding hydrogens is 337 g/mol. The Morgan fingerprint density at radius 3 is 2.58 bits per heavy atom. The van der Waals surface area contributed by atoms with Crippen molar-refractivity contribution in [3.05, 3.63) is 28.5 Å². The molecule has 19 heavy (non-hydrogen) atoms. The molecule has 0 aliphatic rings. The van der Waals surface area contributed by atoms with Crippen LogP contribution in [0.5, 0.6) is 0 Å². The van der Waals surface area contributed by atoms with Crippen molar-refractivity contribution >= 4 is 26.0 Å². The Morgan fingerprint density at radius 2 is 2.11 bits per heavy atom. The van der Waals surface area contributed by atoms with Gasteiger partial charge < -0.3 is 5.11 Å². The topological polar surface area (TPSA) is 66.4 Å². The van der Waals surface area contributed by atoms with Gasteiger partial charge in [-0.25, -0.2) is 17.5 Å². The molecule has 0 heterocycles. The maximum absolute atomic E-state index is 13.7. The van der Waals surface area contributed by atoms with Gasteiger partial charge in [0.05, 0.1) is 0 Å². The molecule has 1 atom stereocenters. The molecule has 0 saturated carbocycles. The molecule has 7 heteroatoms. The smallest absolute Gasteiger partial charge is 0.243 e. The summed E-state index contributed by atoms with van der Waals surface area (Å²) in [6, 6.07) is 3.77. The molecule has 0 aliphatic heterocycles. The molecule has 0 amide bonds. The van der Waals surface area contributed by atoms with Crippen LogP contribution in [-0.2, 0) is 10.0 Å². The van der Waals surface area contributed by atoms with Crippen LogP contribution in [0.3, 0.4) is 0 Å². The van der Waals surface area contributed by atoms with E-state index in [1.807, 2.05) is 0 Å². The molecule has 0 saturated heterocycles. The van der Waals surface area contributed by atoms with Gasteiger partial charge >= 0.3 is 0 Å². The van der Waals surface area contributed by atoms with Gasteiger partial charge in [-0.2, -0.15) is 0 Å². The zero-order valence-corrected chi connectivity index (χ0v) is 13.2. The highest BCUT2D eigenvalue weighted by atomic mass is 79.9. The van der Waals surface area contributed by atoms with Crippen molar-refractivity contribution in [2.75, 3.05) is 6.61 Å². The molecule has 0 radical (unpaired) electrons. The van der Waals surface area contributed by atoms with Crippen molar-refractivity contribution in [1.29, 1.82) is 0 Å². The number of aliphatic hydroxyl groups excluding tert-OH is 1. The van der Waals surface area contributed by atoms with Crippen LogP contribution in [0.2, 0.25) is 0 Å². The number of hydrogen-bond donors (Lipinski definition) is 2. The number of hydrogen-bond acceptors (Lipinski definition) is 3. The predicted molar refractivity (Wildman–Crippen MR) is 74.8 cm³/mol. The van der Waals surface area contributed by atoms with E-state index in [1.54, 1.807) is 13.8 Å². The van der Waals surface area contributed by atoms with Gasteiger partial charge in [0, 0.05) is 16.6 Å². The SMILES string of the molecule is CCC(C)(CCO)NS(=O)(=O)c1ccc(Br)cc1F. The number of benzene rings is 1.